The quantitative estimate of drug-likeness (QED) is 0.577. The van der Waals surface area contributed by atoms with Crippen molar-refractivity contribution in [3.63, 3.8) is 0 Å². The molecule has 0 aliphatic carbocycles. The van der Waals surface area contributed by atoms with Gasteiger partial charge in [-0.2, -0.15) is 5.26 Å². The summed E-state index contributed by atoms with van der Waals surface area (Å²) in [4.78, 5) is 11.9. The summed E-state index contributed by atoms with van der Waals surface area (Å²) in [6.07, 6.45) is -0.739. The summed E-state index contributed by atoms with van der Waals surface area (Å²) >= 11 is 0. The Morgan fingerprint density at radius 1 is 1.12 bits per heavy atom. The van der Waals surface area contributed by atoms with Crippen molar-refractivity contribution >= 4 is 5.97 Å². The molecule has 2 aromatic carbocycles. The minimum absolute atomic E-state index is 0.147. The Hall–Kier alpha value is -3.00. The van der Waals surface area contributed by atoms with Crippen molar-refractivity contribution in [3.8, 4) is 17.6 Å². The van der Waals surface area contributed by atoms with Crippen LogP contribution < -0.4 is 9.47 Å². The van der Waals surface area contributed by atoms with E-state index in [-0.39, 0.29) is 13.2 Å². The van der Waals surface area contributed by atoms with E-state index in [0.29, 0.717) is 11.3 Å². The molecule has 124 valence electrons. The van der Waals surface area contributed by atoms with Gasteiger partial charge in [-0.1, -0.05) is 12.1 Å². The first-order valence-corrected chi connectivity index (χ1v) is 7.61. The first-order valence-electron chi connectivity index (χ1n) is 7.61. The molecule has 0 radical (unpaired) electrons. The van der Waals surface area contributed by atoms with Crippen LogP contribution in [-0.2, 0) is 9.53 Å². The molecule has 0 spiro atoms. The molecule has 5 heteroatoms. The molecule has 0 aliphatic rings. The highest BCUT2D eigenvalue weighted by Gasteiger charge is 2.16. The topological polar surface area (TPSA) is 68.6 Å². The molecular weight excluding hydrogens is 306 g/mol. The smallest absolute Gasteiger partial charge is 0.347 e. The predicted molar refractivity (Wildman–Crippen MR) is 88.9 cm³/mol. The van der Waals surface area contributed by atoms with Gasteiger partial charge in [0, 0.05) is 0 Å². The number of ether oxygens (including phenoxy) is 3. The molecule has 24 heavy (non-hydrogen) atoms. The number of nitrogens with zero attached hydrogens (tertiary/aromatic N) is 1. The summed E-state index contributed by atoms with van der Waals surface area (Å²) in [6.45, 7) is 4.02. The third-order valence-corrected chi connectivity index (χ3v) is 3.21. The highest BCUT2D eigenvalue weighted by Crippen LogP contribution is 2.14. The molecule has 0 saturated carbocycles. The second kappa shape index (κ2) is 8.59. The van der Waals surface area contributed by atoms with Gasteiger partial charge in [0.15, 0.2) is 6.10 Å². The zero-order chi connectivity index (χ0) is 17.4. The van der Waals surface area contributed by atoms with Crippen LogP contribution in [0.15, 0.2) is 48.5 Å². The molecule has 0 unspecified atom stereocenters. The lowest BCUT2D eigenvalue weighted by Crippen LogP contribution is -2.27. The normalized spacial score (nSPS) is 11.2. The van der Waals surface area contributed by atoms with Gasteiger partial charge in [-0.25, -0.2) is 4.79 Å². The number of nitriles is 1. The standard InChI is InChI=1S/C19H19NO4/c1-14-4-3-5-18(12-14)22-10-11-23-19(21)15(2)24-17-8-6-16(13-20)7-9-17/h3-9,12,15H,10-11H2,1-2H3/t15-/m1/s1. The van der Waals surface area contributed by atoms with E-state index in [9.17, 15) is 4.79 Å². The number of aryl methyl sites for hydroxylation is 1. The van der Waals surface area contributed by atoms with E-state index in [2.05, 4.69) is 0 Å². The average Bonchev–Trinajstić information content (AvgIpc) is 2.59. The van der Waals surface area contributed by atoms with Gasteiger partial charge in [-0.3, -0.25) is 0 Å². The van der Waals surface area contributed by atoms with Crippen LogP contribution in [0.25, 0.3) is 0 Å². The van der Waals surface area contributed by atoms with Gasteiger partial charge in [0.1, 0.15) is 24.7 Å². The van der Waals surface area contributed by atoms with Crippen molar-refractivity contribution in [2.75, 3.05) is 13.2 Å². The second-order valence-corrected chi connectivity index (χ2v) is 5.23. The summed E-state index contributed by atoms with van der Waals surface area (Å²) in [7, 11) is 0. The molecule has 2 rings (SSSR count). The van der Waals surface area contributed by atoms with Crippen molar-refractivity contribution in [2.24, 2.45) is 0 Å². The molecule has 0 saturated heterocycles. The molecule has 5 nitrogen and oxygen atoms in total. The number of hydrogen-bond donors (Lipinski definition) is 0. The Labute approximate surface area is 141 Å². The van der Waals surface area contributed by atoms with Crippen molar-refractivity contribution < 1.29 is 19.0 Å². The van der Waals surface area contributed by atoms with Gasteiger partial charge in [-0.05, 0) is 55.8 Å². The average molecular weight is 325 g/mol. The number of carbonyl (C=O) groups excluding carboxylic acids is 1. The third-order valence-electron chi connectivity index (χ3n) is 3.21. The zero-order valence-corrected chi connectivity index (χ0v) is 13.7. The van der Waals surface area contributed by atoms with E-state index in [1.165, 1.54) is 0 Å². The van der Waals surface area contributed by atoms with Crippen LogP contribution in [0.2, 0.25) is 0 Å². The SMILES string of the molecule is Cc1cccc(OCCOC(=O)[C@@H](C)Oc2ccc(C#N)cc2)c1. The van der Waals surface area contributed by atoms with E-state index in [1.807, 2.05) is 37.3 Å². The lowest BCUT2D eigenvalue weighted by molar-refractivity contribution is -0.151. The lowest BCUT2D eigenvalue weighted by atomic mass is 10.2. The van der Waals surface area contributed by atoms with E-state index < -0.39 is 12.1 Å². The van der Waals surface area contributed by atoms with Crippen molar-refractivity contribution in [1.29, 1.82) is 5.26 Å². The molecule has 0 heterocycles. The highest BCUT2D eigenvalue weighted by atomic mass is 16.6. The summed E-state index contributed by atoms with van der Waals surface area (Å²) < 4.78 is 16.1. The zero-order valence-electron chi connectivity index (χ0n) is 13.7. The Morgan fingerprint density at radius 3 is 2.54 bits per heavy atom. The van der Waals surface area contributed by atoms with Gasteiger partial charge in [0.2, 0.25) is 0 Å². The molecule has 0 aliphatic heterocycles. The van der Waals surface area contributed by atoms with E-state index in [1.54, 1.807) is 31.2 Å². The van der Waals surface area contributed by atoms with Crippen LogP contribution in [0.5, 0.6) is 11.5 Å². The summed E-state index contributed by atoms with van der Waals surface area (Å²) in [5, 5.41) is 8.74. The minimum atomic E-state index is -0.739. The number of rotatable bonds is 7. The summed E-state index contributed by atoms with van der Waals surface area (Å²) in [5.74, 6) is 0.787. The van der Waals surface area contributed by atoms with Crippen LogP contribution in [-0.4, -0.2) is 25.3 Å². The molecule has 0 aromatic heterocycles. The van der Waals surface area contributed by atoms with Gasteiger partial charge in [-0.15, -0.1) is 0 Å². The Bertz CT molecular complexity index is 719. The molecule has 2 aromatic rings. The largest absolute Gasteiger partial charge is 0.490 e. The van der Waals surface area contributed by atoms with Crippen molar-refractivity contribution in [3.05, 3.63) is 59.7 Å². The van der Waals surface area contributed by atoms with Crippen LogP contribution in [0, 0.1) is 18.3 Å². The van der Waals surface area contributed by atoms with Gasteiger partial charge < -0.3 is 14.2 Å². The van der Waals surface area contributed by atoms with Gasteiger partial charge in [0.25, 0.3) is 0 Å². The summed E-state index contributed by atoms with van der Waals surface area (Å²) in [6, 6.07) is 16.2. The number of benzene rings is 2. The van der Waals surface area contributed by atoms with Crippen LogP contribution >= 0.6 is 0 Å². The van der Waals surface area contributed by atoms with Crippen molar-refractivity contribution in [2.45, 2.75) is 20.0 Å². The summed E-state index contributed by atoms with van der Waals surface area (Å²) in [5.41, 5.74) is 1.64. The predicted octanol–water partition coefficient (Wildman–Crippen LogP) is 3.26. The van der Waals surface area contributed by atoms with Crippen molar-refractivity contribution in [1.82, 2.24) is 0 Å². The van der Waals surface area contributed by atoms with E-state index in [0.717, 1.165) is 11.3 Å². The maximum absolute atomic E-state index is 11.9. The number of esters is 1. The molecule has 0 N–H and O–H groups in total. The molecular formula is C19H19NO4. The highest BCUT2D eigenvalue weighted by molar-refractivity contribution is 5.74. The fraction of sp³-hybridized carbons (Fsp3) is 0.263. The minimum Gasteiger partial charge on any atom is -0.490 e. The monoisotopic (exact) mass is 325 g/mol. The lowest BCUT2D eigenvalue weighted by Gasteiger charge is -2.14. The molecule has 1 atom stereocenters. The van der Waals surface area contributed by atoms with E-state index >= 15 is 0 Å². The first-order chi connectivity index (χ1) is 11.6. The van der Waals surface area contributed by atoms with E-state index in [4.69, 9.17) is 19.5 Å². The first kappa shape index (κ1) is 17.4. The maximum Gasteiger partial charge on any atom is 0.347 e. The number of hydrogen-bond acceptors (Lipinski definition) is 5. The van der Waals surface area contributed by atoms with Crippen LogP contribution in [0.4, 0.5) is 0 Å². The molecule has 0 bridgehead atoms. The second-order valence-electron chi connectivity index (χ2n) is 5.23. The molecule has 0 fully saturated rings. The number of carbonyl (C=O) groups is 1. The Kier molecular flexibility index (Phi) is 6.21. The fourth-order valence-electron chi connectivity index (χ4n) is 1.98. The molecule has 0 amide bonds. The van der Waals surface area contributed by atoms with Crippen LogP contribution in [0.3, 0.4) is 0 Å². The fourth-order valence-corrected chi connectivity index (χ4v) is 1.98. The van der Waals surface area contributed by atoms with Crippen LogP contribution in [0.1, 0.15) is 18.1 Å². The van der Waals surface area contributed by atoms with Gasteiger partial charge in [0.05, 0.1) is 11.6 Å². The van der Waals surface area contributed by atoms with Gasteiger partial charge >= 0.3 is 5.97 Å². The maximum atomic E-state index is 11.9. The third kappa shape index (κ3) is 5.33. The Morgan fingerprint density at radius 2 is 1.88 bits per heavy atom. The Balaban J connectivity index is 1.72.